The molecule has 2 aromatic carbocycles. The summed E-state index contributed by atoms with van der Waals surface area (Å²) in [5, 5.41) is 0. The minimum atomic E-state index is 1.09. The molecule has 21 heavy (non-hydrogen) atoms. The van der Waals surface area contributed by atoms with Crippen molar-refractivity contribution in [2.45, 2.75) is 11.8 Å². The van der Waals surface area contributed by atoms with Crippen molar-refractivity contribution >= 4 is 23.1 Å². The minimum absolute atomic E-state index is 1.09. The van der Waals surface area contributed by atoms with Gasteiger partial charge in [0.25, 0.3) is 0 Å². The summed E-state index contributed by atoms with van der Waals surface area (Å²) in [5.41, 5.74) is 4.07. The molecule has 0 atom stereocenters. The number of hydrogen-bond acceptors (Lipinski definition) is 3. The fraction of sp³-hybridized carbons (Fsp3) is 0.333. The van der Waals surface area contributed by atoms with Crippen LogP contribution in [0.4, 0.5) is 11.4 Å². The van der Waals surface area contributed by atoms with E-state index in [-0.39, 0.29) is 0 Å². The molecule has 0 aromatic heterocycles. The molecule has 0 amide bonds. The molecule has 0 radical (unpaired) electrons. The standard InChI is InChI=1S/C18H22N2S/c1-15-6-5-7-16(14-15)19-10-12-20(13-11-19)17-8-3-4-9-18(17)21-2/h3-9,14H,10-13H2,1-2H3. The molecule has 3 heteroatoms. The summed E-state index contributed by atoms with van der Waals surface area (Å²) in [6.45, 7) is 6.52. The summed E-state index contributed by atoms with van der Waals surface area (Å²) >= 11 is 1.83. The van der Waals surface area contributed by atoms with E-state index in [2.05, 4.69) is 71.5 Å². The smallest absolute Gasteiger partial charge is 0.0505 e. The molecule has 2 aromatic rings. The molecular formula is C18H22N2S. The van der Waals surface area contributed by atoms with Crippen LogP contribution >= 0.6 is 11.8 Å². The third kappa shape index (κ3) is 3.18. The lowest BCUT2D eigenvalue weighted by Gasteiger charge is -2.38. The number of para-hydroxylation sites is 1. The van der Waals surface area contributed by atoms with Crippen LogP contribution in [0.25, 0.3) is 0 Å². The van der Waals surface area contributed by atoms with Crippen molar-refractivity contribution in [1.29, 1.82) is 0 Å². The van der Waals surface area contributed by atoms with Crippen LogP contribution in [0.5, 0.6) is 0 Å². The second-order valence-corrected chi connectivity index (χ2v) is 6.33. The number of hydrogen-bond donors (Lipinski definition) is 0. The Bertz CT molecular complexity index is 604. The second-order valence-electron chi connectivity index (χ2n) is 5.48. The van der Waals surface area contributed by atoms with E-state index < -0.39 is 0 Å². The first-order valence-corrected chi connectivity index (χ1v) is 8.70. The van der Waals surface area contributed by atoms with Crippen LogP contribution in [-0.4, -0.2) is 32.4 Å². The predicted molar refractivity (Wildman–Crippen MR) is 93.8 cm³/mol. The van der Waals surface area contributed by atoms with Gasteiger partial charge in [-0.25, -0.2) is 0 Å². The lowest BCUT2D eigenvalue weighted by atomic mass is 10.2. The molecule has 1 aliphatic heterocycles. The fourth-order valence-corrected chi connectivity index (χ4v) is 3.54. The van der Waals surface area contributed by atoms with Gasteiger partial charge in [-0.1, -0.05) is 24.3 Å². The largest absolute Gasteiger partial charge is 0.368 e. The minimum Gasteiger partial charge on any atom is -0.368 e. The molecule has 0 aliphatic carbocycles. The summed E-state index contributed by atoms with van der Waals surface area (Å²) in [4.78, 5) is 6.38. The molecule has 3 rings (SSSR count). The molecule has 1 saturated heterocycles. The van der Waals surface area contributed by atoms with Crippen molar-refractivity contribution in [3.8, 4) is 0 Å². The average Bonchev–Trinajstić information content (AvgIpc) is 2.55. The maximum absolute atomic E-state index is 2.51. The van der Waals surface area contributed by atoms with E-state index >= 15 is 0 Å². The highest BCUT2D eigenvalue weighted by Crippen LogP contribution is 2.29. The molecule has 110 valence electrons. The first kappa shape index (κ1) is 14.3. The van der Waals surface area contributed by atoms with Gasteiger partial charge in [-0.2, -0.15) is 0 Å². The number of anilines is 2. The Morgan fingerprint density at radius 3 is 2.29 bits per heavy atom. The quantitative estimate of drug-likeness (QED) is 0.790. The van der Waals surface area contributed by atoms with E-state index in [0.29, 0.717) is 0 Å². The number of piperazine rings is 1. The molecule has 1 aliphatic rings. The van der Waals surface area contributed by atoms with Crippen LogP contribution in [0.15, 0.2) is 53.4 Å². The van der Waals surface area contributed by atoms with Crippen molar-refractivity contribution < 1.29 is 0 Å². The zero-order valence-corrected chi connectivity index (χ0v) is 13.6. The predicted octanol–water partition coefficient (Wildman–Crippen LogP) is 4.04. The van der Waals surface area contributed by atoms with Crippen LogP contribution in [0.3, 0.4) is 0 Å². The molecule has 0 bridgehead atoms. The van der Waals surface area contributed by atoms with Crippen LogP contribution < -0.4 is 9.80 Å². The number of nitrogens with zero attached hydrogens (tertiary/aromatic N) is 2. The molecule has 2 nitrogen and oxygen atoms in total. The van der Waals surface area contributed by atoms with Gasteiger partial charge in [0.1, 0.15) is 0 Å². The van der Waals surface area contributed by atoms with E-state index in [1.807, 2.05) is 11.8 Å². The van der Waals surface area contributed by atoms with Gasteiger partial charge in [0.05, 0.1) is 5.69 Å². The average molecular weight is 298 g/mol. The zero-order valence-electron chi connectivity index (χ0n) is 12.7. The highest BCUT2D eigenvalue weighted by Gasteiger charge is 2.19. The van der Waals surface area contributed by atoms with E-state index in [1.165, 1.54) is 21.8 Å². The molecule has 1 heterocycles. The Labute approximate surface area is 131 Å². The van der Waals surface area contributed by atoms with Crippen molar-refractivity contribution in [2.75, 3.05) is 42.2 Å². The van der Waals surface area contributed by atoms with Crippen molar-refractivity contribution in [3.05, 3.63) is 54.1 Å². The summed E-state index contributed by atoms with van der Waals surface area (Å²) in [6.07, 6.45) is 2.15. The summed E-state index contributed by atoms with van der Waals surface area (Å²) in [7, 11) is 0. The first-order chi connectivity index (χ1) is 10.3. The van der Waals surface area contributed by atoms with Crippen LogP contribution in [0, 0.1) is 6.92 Å². The lowest BCUT2D eigenvalue weighted by Crippen LogP contribution is -2.46. The van der Waals surface area contributed by atoms with Crippen LogP contribution in [0.2, 0.25) is 0 Å². The summed E-state index contributed by atoms with van der Waals surface area (Å²) in [5.74, 6) is 0. The maximum Gasteiger partial charge on any atom is 0.0505 e. The molecule has 0 N–H and O–H groups in total. The second kappa shape index (κ2) is 6.44. The van der Waals surface area contributed by atoms with Gasteiger partial charge in [0.15, 0.2) is 0 Å². The van der Waals surface area contributed by atoms with Gasteiger partial charge in [-0.15, -0.1) is 11.8 Å². The Morgan fingerprint density at radius 1 is 0.857 bits per heavy atom. The van der Waals surface area contributed by atoms with E-state index in [4.69, 9.17) is 0 Å². The number of thioether (sulfide) groups is 1. The summed E-state index contributed by atoms with van der Waals surface area (Å²) in [6, 6.07) is 17.5. The van der Waals surface area contributed by atoms with Crippen molar-refractivity contribution in [2.24, 2.45) is 0 Å². The normalized spacial score (nSPS) is 15.3. The Hall–Kier alpha value is -1.61. The lowest BCUT2D eigenvalue weighted by molar-refractivity contribution is 0.650. The van der Waals surface area contributed by atoms with Gasteiger partial charge in [-0.05, 0) is 43.0 Å². The Morgan fingerprint density at radius 2 is 1.57 bits per heavy atom. The zero-order chi connectivity index (χ0) is 14.7. The number of rotatable bonds is 3. The highest BCUT2D eigenvalue weighted by atomic mass is 32.2. The molecular weight excluding hydrogens is 276 g/mol. The first-order valence-electron chi connectivity index (χ1n) is 7.47. The van der Waals surface area contributed by atoms with E-state index in [9.17, 15) is 0 Å². The maximum atomic E-state index is 2.51. The highest BCUT2D eigenvalue weighted by molar-refractivity contribution is 7.98. The number of aryl methyl sites for hydroxylation is 1. The van der Waals surface area contributed by atoms with Crippen molar-refractivity contribution in [1.82, 2.24) is 0 Å². The van der Waals surface area contributed by atoms with E-state index in [0.717, 1.165) is 26.2 Å². The Balaban J connectivity index is 1.70. The van der Waals surface area contributed by atoms with E-state index in [1.54, 1.807) is 0 Å². The fourth-order valence-electron chi connectivity index (χ4n) is 2.92. The molecule has 1 fully saturated rings. The van der Waals surface area contributed by atoms with Gasteiger partial charge in [0.2, 0.25) is 0 Å². The molecule has 0 saturated carbocycles. The monoisotopic (exact) mass is 298 g/mol. The van der Waals surface area contributed by atoms with Gasteiger partial charge in [0, 0.05) is 36.8 Å². The van der Waals surface area contributed by atoms with Gasteiger partial charge in [-0.3, -0.25) is 0 Å². The SMILES string of the molecule is CSc1ccccc1N1CCN(c2cccc(C)c2)CC1. The van der Waals surface area contributed by atoms with Crippen LogP contribution in [0.1, 0.15) is 5.56 Å². The van der Waals surface area contributed by atoms with Crippen LogP contribution in [-0.2, 0) is 0 Å². The third-order valence-electron chi connectivity index (χ3n) is 4.07. The molecule has 0 spiro atoms. The van der Waals surface area contributed by atoms with Crippen molar-refractivity contribution in [3.63, 3.8) is 0 Å². The molecule has 0 unspecified atom stereocenters. The summed E-state index contributed by atoms with van der Waals surface area (Å²) < 4.78 is 0. The third-order valence-corrected chi connectivity index (χ3v) is 4.86. The van der Waals surface area contributed by atoms with Gasteiger partial charge >= 0.3 is 0 Å². The topological polar surface area (TPSA) is 6.48 Å². The van der Waals surface area contributed by atoms with Gasteiger partial charge < -0.3 is 9.80 Å². The number of benzene rings is 2. The Kier molecular flexibility index (Phi) is 4.39.